The summed E-state index contributed by atoms with van der Waals surface area (Å²) in [6.07, 6.45) is 1.01. The van der Waals surface area contributed by atoms with Gasteiger partial charge in [0, 0.05) is 25.3 Å². The molecule has 4 nitrogen and oxygen atoms in total. The first-order valence-corrected chi connectivity index (χ1v) is 9.63. The zero-order valence-corrected chi connectivity index (χ0v) is 16.7. The van der Waals surface area contributed by atoms with E-state index in [1.54, 1.807) is 0 Å². The van der Waals surface area contributed by atoms with E-state index >= 15 is 0 Å². The highest BCUT2D eigenvalue weighted by Gasteiger charge is 2.06. The zero-order valence-electron chi connectivity index (χ0n) is 15.9. The molecule has 140 valence electrons. The van der Waals surface area contributed by atoms with Crippen molar-refractivity contribution in [2.75, 3.05) is 36.5 Å². The molecule has 2 N–H and O–H groups in total. The highest BCUT2D eigenvalue weighted by molar-refractivity contribution is 7.80. The fourth-order valence-electron chi connectivity index (χ4n) is 2.71. The van der Waals surface area contributed by atoms with E-state index in [0.717, 1.165) is 37.5 Å². The predicted octanol–water partition coefficient (Wildman–Crippen LogP) is 4.60. The zero-order chi connectivity index (χ0) is 18.8. The Balaban J connectivity index is 1.76. The Morgan fingerprint density at radius 2 is 1.81 bits per heavy atom. The third-order valence-corrected chi connectivity index (χ3v) is 4.35. The van der Waals surface area contributed by atoms with Crippen LogP contribution in [-0.4, -0.2) is 31.4 Å². The lowest BCUT2D eigenvalue weighted by atomic mass is 10.2. The number of aryl methyl sites for hydroxylation is 1. The number of para-hydroxylation sites is 2. The minimum Gasteiger partial charge on any atom is -0.492 e. The van der Waals surface area contributed by atoms with Gasteiger partial charge in [-0.15, -0.1) is 0 Å². The third-order valence-electron chi connectivity index (χ3n) is 4.11. The lowest BCUT2D eigenvalue weighted by Gasteiger charge is -2.23. The lowest BCUT2D eigenvalue weighted by molar-refractivity contribution is 0.342. The van der Waals surface area contributed by atoms with Crippen LogP contribution in [0.1, 0.15) is 25.8 Å². The molecule has 0 aliphatic heterocycles. The van der Waals surface area contributed by atoms with E-state index in [1.807, 2.05) is 31.2 Å². The first-order chi connectivity index (χ1) is 12.6. The van der Waals surface area contributed by atoms with Crippen LogP contribution in [-0.2, 0) is 0 Å². The van der Waals surface area contributed by atoms with Gasteiger partial charge in [0.05, 0.1) is 12.3 Å². The molecule has 0 heterocycles. The summed E-state index contributed by atoms with van der Waals surface area (Å²) in [5.41, 5.74) is 3.45. The maximum atomic E-state index is 5.61. The Labute approximate surface area is 162 Å². The van der Waals surface area contributed by atoms with E-state index in [1.165, 1.54) is 11.3 Å². The summed E-state index contributed by atoms with van der Waals surface area (Å²) in [7, 11) is 0. The fourth-order valence-corrected chi connectivity index (χ4v) is 2.93. The van der Waals surface area contributed by atoms with Crippen molar-refractivity contribution in [3.8, 4) is 5.75 Å². The van der Waals surface area contributed by atoms with Gasteiger partial charge in [0.25, 0.3) is 0 Å². The van der Waals surface area contributed by atoms with Gasteiger partial charge in [-0.25, -0.2) is 0 Å². The number of ether oxygens (including phenoxy) is 1. The van der Waals surface area contributed by atoms with E-state index in [0.29, 0.717) is 11.7 Å². The van der Waals surface area contributed by atoms with Crippen molar-refractivity contribution in [3.05, 3.63) is 54.1 Å². The van der Waals surface area contributed by atoms with E-state index in [2.05, 4.69) is 53.6 Å². The van der Waals surface area contributed by atoms with Gasteiger partial charge >= 0.3 is 0 Å². The molecular weight excluding hydrogens is 342 g/mol. The average Bonchev–Trinajstić information content (AvgIpc) is 2.65. The number of thiocarbonyl (C=S) groups is 1. The van der Waals surface area contributed by atoms with Gasteiger partial charge in [-0.3, -0.25) is 0 Å². The molecule has 0 amide bonds. The van der Waals surface area contributed by atoms with Crippen LogP contribution in [0.25, 0.3) is 0 Å². The molecule has 0 saturated heterocycles. The minimum absolute atomic E-state index is 0.621. The molecular formula is C21H29N3OS. The van der Waals surface area contributed by atoms with Crippen LogP contribution >= 0.6 is 12.2 Å². The van der Waals surface area contributed by atoms with E-state index in [4.69, 9.17) is 17.0 Å². The molecule has 0 bridgehead atoms. The molecule has 0 radical (unpaired) electrons. The van der Waals surface area contributed by atoms with Gasteiger partial charge in [-0.2, -0.15) is 0 Å². The van der Waals surface area contributed by atoms with Gasteiger partial charge < -0.3 is 20.3 Å². The van der Waals surface area contributed by atoms with Gasteiger partial charge in [0.15, 0.2) is 5.11 Å². The predicted molar refractivity (Wildman–Crippen MR) is 116 cm³/mol. The highest BCUT2D eigenvalue weighted by Crippen LogP contribution is 2.23. The lowest BCUT2D eigenvalue weighted by Crippen LogP contribution is -2.32. The Morgan fingerprint density at radius 1 is 1.08 bits per heavy atom. The summed E-state index contributed by atoms with van der Waals surface area (Å²) < 4.78 is 5.61. The van der Waals surface area contributed by atoms with Crippen LogP contribution in [0.4, 0.5) is 11.4 Å². The Hall–Kier alpha value is -2.27. The first kappa shape index (κ1) is 20.0. The summed E-state index contributed by atoms with van der Waals surface area (Å²) in [6, 6.07) is 16.5. The maximum absolute atomic E-state index is 5.61. The van der Waals surface area contributed by atoms with Crippen molar-refractivity contribution in [1.29, 1.82) is 0 Å². The molecule has 26 heavy (non-hydrogen) atoms. The standard InChI is InChI=1S/C21H29N3OS/c1-4-24(18-13-11-17(3)12-14-18)16-8-15-22-21(26)23-19-9-6-7-10-20(19)25-5-2/h6-7,9-14H,4-5,8,15-16H2,1-3H3,(H2,22,23,26). The molecule has 2 rings (SSSR count). The van der Waals surface area contributed by atoms with Crippen molar-refractivity contribution in [3.63, 3.8) is 0 Å². The topological polar surface area (TPSA) is 36.5 Å². The van der Waals surface area contributed by atoms with Crippen molar-refractivity contribution in [2.24, 2.45) is 0 Å². The highest BCUT2D eigenvalue weighted by atomic mass is 32.1. The Bertz CT molecular complexity index is 688. The van der Waals surface area contributed by atoms with Crippen molar-refractivity contribution >= 4 is 28.7 Å². The number of nitrogens with zero attached hydrogens (tertiary/aromatic N) is 1. The molecule has 0 aliphatic rings. The number of benzene rings is 2. The smallest absolute Gasteiger partial charge is 0.170 e. The van der Waals surface area contributed by atoms with E-state index in [9.17, 15) is 0 Å². The molecule has 0 aliphatic carbocycles. The van der Waals surface area contributed by atoms with Gasteiger partial charge in [-0.05, 0) is 63.7 Å². The Morgan fingerprint density at radius 3 is 2.50 bits per heavy atom. The van der Waals surface area contributed by atoms with Crippen LogP contribution in [0, 0.1) is 6.92 Å². The molecule has 0 atom stereocenters. The van der Waals surface area contributed by atoms with E-state index in [-0.39, 0.29) is 0 Å². The second-order valence-corrected chi connectivity index (χ2v) is 6.49. The van der Waals surface area contributed by atoms with Gasteiger partial charge in [-0.1, -0.05) is 29.8 Å². The van der Waals surface area contributed by atoms with E-state index < -0.39 is 0 Å². The number of anilines is 2. The first-order valence-electron chi connectivity index (χ1n) is 9.22. The number of nitrogens with one attached hydrogen (secondary N) is 2. The summed E-state index contributed by atoms with van der Waals surface area (Å²) in [5, 5.41) is 7.12. The summed E-state index contributed by atoms with van der Waals surface area (Å²) in [6.45, 7) is 9.71. The molecule has 0 unspecified atom stereocenters. The number of hydrogen-bond acceptors (Lipinski definition) is 3. The van der Waals surface area contributed by atoms with Crippen LogP contribution in [0.5, 0.6) is 5.75 Å². The Kier molecular flexibility index (Phi) is 8.22. The second-order valence-electron chi connectivity index (χ2n) is 6.08. The number of rotatable bonds is 9. The van der Waals surface area contributed by atoms with Gasteiger partial charge in [0.1, 0.15) is 5.75 Å². The molecule has 2 aromatic rings. The SMILES string of the molecule is CCOc1ccccc1NC(=S)NCCCN(CC)c1ccc(C)cc1. The monoisotopic (exact) mass is 371 g/mol. The normalized spacial score (nSPS) is 10.3. The van der Waals surface area contributed by atoms with Crippen molar-refractivity contribution in [2.45, 2.75) is 27.2 Å². The molecule has 0 fully saturated rings. The third kappa shape index (κ3) is 6.23. The van der Waals surface area contributed by atoms with Crippen molar-refractivity contribution in [1.82, 2.24) is 5.32 Å². The fraction of sp³-hybridized carbons (Fsp3) is 0.381. The molecule has 0 aromatic heterocycles. The van der Waals surface area contributed by atoms with Crippen molar-refractivity contribution < 1.29 is 4.74 Å². The molecule has 2 aromatic carbocycles. The summed E-state index contributed by atoms with van der Waals surface area (Å²) in [4.78, 5) is 2.38. The molecule has 0 saturated carbocycles. The summed E-state index contributed by atoms with van der Waals surface area (Å²) in [5.74, 6) is 0.815. The number of hydrogen-bond donors (Lipinski definition) is 2. The summed E-state index contributed by atoms with van der Waals surface area (Å²) >= 11 is 5.40. The largest absolute Gasteiger partial charge is 0.492 e. The quantitative estimate of drug-likeness (QED) is 0.498. The van der Waals surface area contributed by atoms with Crippen LogP contribution in [0.15, 0.2) is 48.5 Å². The average molecular weight is 372 g/mol. The van der Waals surface area contributed by atoms with Gasteiger partial charge in [0.2, 0.25) is 0 Å². The molecule has 5 heteroatoms. The van der Waals surface area contributed by atoms with Crippen LogP contribution in [0.3, 0.4) is 0 Å². The van der Waals surface area contributed by atoms with Crippen LogP contribution in [0.2, 0.25) is 0 Å². The maximum Gasteiger partial charge on any atom is 0.170 e. The second kappa shape index (κ2) is 10.7. The molecule has 0 spiro atoms. The van der Waals surface area contributed by atoms with Crippen LogP contribution < -0.4 is 20.3 Å². The minimum atomic E-state index is 0.621.